The van der Waals surface area contributed by atoms with Crippen molar-refractivity contribution in [1.82, 2.24) is 24.9 Å². The molecule has 0 saturated carbocycles. The fraction of sp³-hybridized carbons (Fsp3) is 0.923. The van der Waals surface area contributed by atoms with Crippen molar-refractivity contribution in [3.8, 4) is 0 Å². The second-order valence-electron chi connectivity index (χ2n) is 18.7. The van der Waals surface area contributed by atoms with Crippen molar-refractivity contribution in [3.05, 3.63) is 0 Å². The Labute approximate surface area is 394 Å². The molecular weight excluding hydrogens is 805 g/mol. The van der Waals surface area contributed by atoms with E-state index in [4.69, 9.17) is 5.73 Å². The molecule has 0 spiro atoms. The molecule has 12 heteroatoms. The van der Waals surface area contributed by atoms with Gasteiger partial charge >= 0.3 is 0 Å². The summed E-state index contributed by atoms with van der Waals surface area (Å²) in [6.45, 7) is 10.7. The predicted molar refractivity (Wildman–Crippen MR) is 267 cm³/mol. The monoisotopic (exact) mass is 909 g/mol. The molecule has 4 amide bonds. The van der Waals surface area contributed by atoms with Crippen molar-refractivity contribution in [2.45, 2.75) is 239 Å². The van der Waals surface area contributed by atoms with Crippen LogP contribution in [-0.2, 0) is 19.2 Å². The number of nitrogens with two attached hydrogens (primary N) is 1. The fourth-order valence-electron chi connectivity index (χ4n) is 8.40. The molecule has 0 bridgehead atoms. The summed E-state index contributed by atoms with van der Waals surface area (Å²) < 4.78 is 0. The number of nitrogens with one attached hydrogen (secondary N) is 1. The van der Waals surface area contributed by atoms with Gasteiger partial charge in [-0.2, -0.15) is 0 Å². The van der Waals surface area contributed by atoms with Crippen molar-refractivity contribution in [2.75, 3.05) is 72.1 Å². The third-order valence-corrected chi connectivity index (χ3v) is 12.6. The average molecular weight is 909 g/mol. The highest BCUT2D eigenvalue weighted by Crippen LogP contribution is 2.15. The average Bonchev–Trinajstić information content (AvgIpc) is 3.27. The van der Waals surface area contributed by atoms with Crippen molar-refractivity contribution in [3.63, 3.8) is 0 Å². The fourth-order valence-corrected chi connectivity index (χ4v) is 8.40. The van der Waals surface area contributed by atoms with Crippen molar-refractivity contribution in [1.29, 1.82) is 0 Å². The third kappa shape index (κ3) is 36.9. The number of hydrogen-bond acceptors (Lipinski definition) is 8. The Morgan fingerprint density at radius 1 is 0.422 bits per heavy atom. The van der Waals surface area contributed by atoms with Crippen LogP contribution in [0.3, 0.4) is 0 Å². The number of rotatable bonds is 49. The van der Waals surface area contributed by atoms with Crippen LogP contribution in [-0.4, -0.2) is 132 Å². The highest BCUT2D eigenvalue weighted by atomic mass is 16.3. The van der Waals surface area contributed by atoms with Gasteiger partial charge in [0.2, 0.25) is 23.6 Å². The summed E-state index contributed by atoms with van der Waals surface area (Å²) in [5.74, 6) is -1.33. The van der Waals surface area contributed by atoms with E-state index in [1.54, 1.807) is 9.80 Å². The SMILES string of the molecule is CCCCCCCCCCN(CC(N)=O)C(=O)CN(CCCCCCCCCC)C(=O)CN(CCCCCCCCCC)C(=O)CN(CCCCCCCCCC)C(O)CNCCO. The Hall–Kier alpha value is -2.28. The van der Waals surface area contributed by atoms with Gasteiger partial charge in [0.25, 0.3) is 0 Å². The number of carbonyl (C=O) groups is 4. The highest BCUT2D eigenvalue weighted by Gasteiger charge is 2.27. The van der Waals surface area contributed by atoms with Gasteiger partial charge in [0.05, 0.1) is 32.8 Å². The molecule has 0 fully saturated rings. The molecule has 0 aliphatic rings. The van der Waals surface area contributed by atoms with Crippen LogP contribution in [0.4, 0.5) is 0 Å². The summed E-state index contributed by atoms with van der Waals surface area (Å²) >= 11 is 0. The van der Waals surface area contributed by atoms with E-state index < -0.39 is 12.1 Å². The zero-order valence-electron chi connectivity index (χ0n) is 42.4. The maximum atomic E-state index is 14.4. The summed E-state index contributed by atoms with van der Waals surface area (Å²) in [6, 6.07) is 0. The quantitative estimate of drug-likeness (QED) is 0.0347. The lowest BCUT2D eigenvalue weighted by molar-refractivity contribution is -0.146. The molecule has 12 nitrogen and oxygen atoms in total. The highest BCUT2D eigenvalue weighted by molar-refractivity contribution is 5.90. The van der Waals surface area contributed by atoms with E-state index in [2.05, 4.69) is 33.0 Å². The molecule has 64 heavy (non-hydrogen) atoms. The lowest BCUT2D eigenvalue weighted by atomic mass is 10.1. The summed E-state index contributed by atoms with van der Waals surface area (Å²) in [5, 5.41) is 23.7. The molecule has 378 valence electrons. The molecule has 0 rings (SSSR count). The molecule has 0 aliphatic heterocycles. The summed E-state index contributed by atoms with van der Waals surface area (Å²) in [6.07, 6.45) is 34.8. The molecular formula is C52H104N6O6. The van der Waals surface area contributed by atoms with Crippen LogP contribution in [0.15, 0.2) is 0 Å². The largest absolute Gasteiger partial charge is 0.395 e. The van der Waals surface area contributed by atoms with Gasteiger partial charge in [-0.05, 0) is 25.7 Å². The maximum absolute atomic E-state index is 14.4. The van der Waals surface area contributed by atoms with Crippen molar-refractivity contribution in [2.24, 2.45) is 5.73 Å². The number of nitrogens with zero attached hydrogens (tertiary/aromatic N) is 4. The molecule has 5 N–H and O–H groups in total. The first-order valence-corrected chi connectivity index (χ1v) is 27.0. The molecule has 0 saturated heterocycles. The molecule has 0 aromatic heterocycles. The van der Waals surface area contributed by atoms with Gasteiger partial charge in [0.1, 0.15) is 6.23 Å². The number of unbranched alkanes of at least 4 members (excludes halogenated alkanes) is 28. The molecule has 1 unspecified atom stereocenters. The Balaban J connectivity index is 6.14. The molecule has 0 aromatic carbocycles. The van der Waals surface area contributed by atoms with E-state index >= 15 is 0 Å². The number of primary amides is 1. The van der Waals surface area contributed by atoms with E-state index in [9.17, 15) is 29.4 Å². The summed E-state index contributed by atoms with van der Waals surface area (Å²) in [4.78, 5) is 61.5. The Morgan fingerprint density at radius 3 is 1.02 bits per heavy atom. The molecule has 0 heterocycles. The standard InChI is InChI=1S/C52H104N6O6/c1-5-9-13-17-21-25-29-33-38-55(44-48(53)60)50(62)46-57(40-35-31-27-23-19-15-11-7-3)52(64)47-58(41-36-32-28-24-20-16-12-8-4)51(63)45-56(49(61)43-54-37-42-59)39-34-30-26-22-18-14-10-6-2/h49,54,59,61H,5-47H2,1-4H3,(H2,53,60). The van der Waals surface area contributed by atoms with E-state index in [1.165, 1.54) is 114 Å². The van der Waals surface area contributed by atoms with Gasteiger partial charge in [-0.25, -0.2) is 0 Å². The van der Waals surface area contributed by atoms with Gasteiger partial charge in [-0.1, -0.05) is 207 Å². The molecule has 0 radical (unpaired) electrons. The first-order valence-electron chi connectivity index (χ1n) is 27.0. The lowest BCUT2D eigenvalue weighted by Crippen LogP contribution is -2.52. The van der Waals surface area contributed by atoms with Crippen LogP contribution >= 0.6 is 0 Å². The van der Waals surface area contributed by atoms with Crippen molar-refractivity contribution >= 4 is 23.6 Å². The number of carbonyl (C=O) groups excluding carboxylic acids is 4. The van der Waals surface area contributed by atoms with E-state index in [0.717, 1.165) is 96.3 Å². The van der Waals surface area contributed by atoms with Crippen LogP contribution in [0.2, 0.25) is 0 Å². The van der Waals surface area contributed by atoms with Gasteiger partial charge in [-0.15, -0.1) is 0 Å². The van der Waals surface area contributed by atoms with Gasteiger partial charge in [-0.3, -0.25) is 24.1 Å². The first kappa shape index (κ1) is 61.7. The zero-order chi connectivity index (χ0) is 47.3. The summed E-state index contributed by atoms with van der Waals surface area (Å²) in [5.41, 5.74) is 5.64. The third-order valence-electron chi connectivity index (χ3n) is 12.6. The second-order valence-corrected chi connectivity index (χ2v) is 18.7. The van der Waals surface area contributed by atoms with Crippen LogP contribution in [0.5, 0.6) is 0 Å². The number of aliphatic hydroxyl groups excluding tert-OH is 2. The van der Waals surface area contributed by atoms with Crippen LogP contribution in [0, 0.1) is 0 Å². The zero-order valence-corrected chi connectivity index (χ0v) is 42.4. The first-order chi connectivity index (χ1) is 31.1. The van der Waals surface area contributed by atoms with Gasteiger partial charge < -0.3 is 36.0 Å². The van der Waals surface area contributed by atoms with Crippen molar-refractivity contribution < 1.29 is 29.4 Å². The molecule has 1 atom stereocenters. The number of amides is 4. The van der Waals surface area contributed by atoms with E-state index in [0.29, 0.717) is 32.7 Å². The van der Waals surface area contributed by atoms with Crippen LogP contribution in [0.1, 0.15) is 233 Å². The van der Waals surface area contributed by atoms with E-state index in [-0.39, 0.29) is 57.1 Å². The normalized spacial score (nSPS) is 11.9. The Morgan fingerprint density at radius 2 is 0.703 bits per heavy atom. The van der Waals surface area contributed by atoms with Crippen LogP contribution < -0.4 is 11.1 Å². The Kier molecular flexibility index (Phi) is 44.2. The topological polar surface area (TPSA) is 160 Å². The summed E-state index contributed by atoms with van der Waals surface area (Å²) in [7, 11) is 0. The predicted octanol–water partition coefficient (Wildman–Crippen LogP) is 9.72. The Bertz CT molecular complexity index is 1100. The number of aliphatic hydroxyl groups is 2. The lowest BCUT2D eigenvalue weighted by Gasteiger charge is -2.32. The minimum atomic E-state index is -0.922. The maximum Gasteiger partial charge on any atom is 0.242 e. The molecule has 0 aromatic rings. The minimum Gasteiger partial charge on any atom is -0.395 e. The van der Waals surface area contributed by atoms with E-state index in [1.807, 2.05) is 4.90 Å². The smallest absolute Gasteiger partial charge is 0.242 e. The van der Waals surface area contributed by atoms with Gasteiger partial charge in [0, 0.05) is 39.3 Å². The second kappa shape index (κ2) is 45.9. The van der Waals surface area contributed by atoms with Gasteiger partial charge in [0.15, 0.2) is 0 Å². The minimum absolute atomic E-state index is 0.0231. The number of hydrogen-bond donors (Lipinski definition) is 4. The molecule has 0 aliphatic carbocycles. The van der Waals surface area contributed by atoms with Crippen LogP contribution in [0.25, 0.3) is 0 Å².